The molecule has 10 rings (SSSR count). The maximum atomic E-state index is 6.80. The van der Waals surface area contributed by atoms with E-state index < -0.39 is 0 Å². The Balaban J connectivity index is 1.47. The van der Waals surface area contributed by atoms with Crippen LogP contribution in [0.5, 0.6) is 0 Å². The molecule has 7 aromatic carbocycles. The molecule has 0 amide bonds. The van der Waals surface area contributed by atoms with Gasteiger partial charge in [-0.1, -0.05) is 109 Å². The summed E-state index contributed by atoms with van der Waals surface area (Å²) in [7, 11) is 0. The number of furan rings is 1. The second-order valence-electron chi connectivity index (χ2n) is 12.0. The first kappa shape index (κ1) is 24.5. The van der Waals surface area contributed by atoms with Gasteiger partial charge in [-0.05, 0) is 75.1 Å². The van der Waals surface area contributed by atoms with Gasteiger partial charge >= 0.3 is 0 Å². The summed E-state index contributed by atoms with van der Waals surface area (Å²) in [6, 6.07) is 50.0. The van der Waals surface area contributed by atoms with Crippen molar-refractivity contribution in [3.8, 4) is 11.4 Å². The van der Waals surface area contributed by atoms with Crippen LogP contribution in [0.1, 0.15) is 5.56 Å². The third kappa shape index (κ3) is 3.38. The molecule has 45 heavy (non-hydrogen) atoms. The Bertz CT molecular complexity index is 2890. The van der Waals surface area contributed by atoms with Crippen molar-refractivity contribution in [2.24, 2.45) is 0 Å². The minimum Gasteiger partial charge on any atom is -0.455 e. The standard InChI is InChI=1S/C42H26N2O/c1-25-21-22-34(41-39(25)35-23-26-11-2-3-12-27(26)24-38(35)45-41)42-43-36-19-10-18-33-31-16-7-5-14-29(31)28-13-4-6-15-30(28)32-17-8-9-20-37(32)44(42)40(33)36/h2-24H,1H3. The van der Waals surface area contributed by atoms with Crippen molar-refractivity contribution < 1.29 is 4.42 Å². The van der Waals surface area contributed by atoms with E-state index in [1.807, 2.05) is 0 Å². The van der Waals surface area contributed by atoms with Gasteiger partial charge in [-0.15, -0.1) is 0 Å². The molecule has 10 aromatic rings. The molecule has 0 N–H and O–H groups in total. The van der Waals surface area contributed by atoms with Crippen LogP contribution in [0.25, 0.3) is 93.0 Å². The van der Waals surface area contributed by atoms with Gasteiger partial charge < -0.3 is 4.42 Å². The molecule has 0 saturated heterocycles. The molecule has 0 fully saturated rings. The van der Waals surface area contributed by atoms with Crippen molar-refractivity contribution >= 4 is 81.6 Å². The predicted octanol–water partition coefficient (Wildman–Crippen LogP) is 11.5. The van der Waals surface area contributed by atoms with Gasteiger partial charge in [0.1, 0.15) is 17.0 Å². The lowest BCUT2D eigenvalue weighted by Gasteiger charge is -2.07. The van der Waals surface area contributed by atoms with Gasteiger partial charge in [-0.25, -0.2) is 4.98 Å². The molecule has 3 heterocycles. The summed E-state index contributed by atoms with van der Waals surface area (Å²) < 4.78 is 9.17. The number of nitrogens with zero attached hydrogens (tertiary/aromatic N) is 2. The van der Waals surface area contributed by atoms with Crippen molar-refractivity contribution in [1.29, 1.82) is 0 Å². The van der Waals surface area contributed by atoms with Crippen molar-refractivity contribution in [3.05, 3.63) is 145 Å². The van der Waals surface area contributed by atoms with E-state index in [1.54, 1.807) is 0 Å². The topological polar surface area (TPSA) is 30.4 Å². The molecule has 0 radical (unpaired) electrons. The number of benzene rings is 7. The van der Waals surface area contributed by atoms with Crippen molar-refractivity contribution in [2.75, 3.05) is 0 Å². The Labute approximate surface area is 258 Å². The highest BCUT2D eigenvalue weighted by molar-refractivity contribution is 6.21. The minimum absolute atomic E-state index is 0.867. The number of rotatable bonds is 1. The SMILES string of the molecule is Cc1ccc(-c2nc3cccc4c5ccccc5c5ccccc5c5ccccc5n2c34)c2oc3cc4ccccc4cc3c12. The molecule has 0 unspecified atom stereocenters. The normalized spacial score (nSPS) is 12.1. The summed E-state index contributed by atoms with van der Waals surface area (Å²) in [5.74, 6) is 0.871. The van der Waals surface area contributed by atoms with E-state index in [0.717, 1.165) is 55.3 Å². The zero-order chi connectivity index (χ0) is 29.6. The van der Waals surface area contributed by atoms with E-state index in [1.165, 1.54) is 43.3 Å². The first-order valence-corrected chi connectivity index (χ1v) is 15.4. The zero-order valence-corrected chi connectivity index (χ0v) is 24.6. The lowest BCUT2D eigenvalue weighted by Crippen LogP contribution is -1.92. The van der Waals surface area contributed by atoms with Crippen LogP contribution in [0.4, 0.5) is 0 Å². The number of aromatic nitrogens is 2. The van der Waals surface area contributed by atoms with Gasteiger partial charge in [0.2, 0.25) is 0 Å². The average Bonchev–Trinajstić information content (AvgIpc) is 3.67. The predicted molar refractivity (Wildman–Crippen MR) is 189 cm³/mol. The second-order valence-corrected chi connectivity index (χ2v) is 12.0. The lowest BCUT2D eigenvalue weighted by atomic mass is 10.0. The van der Waals surface area contributed by atoms with Crippen LogP contribution in [-0.2, 0) is 0 Å². The Morgan fingerprint density at radius 1 is 0.533 bits per heavy atom. The van der Waals surface area contributed by atoms with Crippen molar-refractivity contribution in [1.82, 2.24) is 9.38 Å². The third-order valence-corrected chi connectivity index (χ3v) is 9.48. The Morgan fingerprint density at radius 3 is 1.89 bits per heavy atom. The zero-order valence-electron chi connectivity index (χ0n) is 24.6. The summed E-state index contributed by atoms with van der Waals surface area (Å²) in [6.07, 6.45) is 0. The molecular formula is C42H26N2O. The number of para-hydroxylation sites is 2. The van der Waals surface area contributed by atoms with E-state index in [9.17, 15) is 0 Å². The van der Waals surface area contributed by atoms with Crippen LogP contribution in [0.15, 0.2) is 144 Å². The van der Waals surface area contributed by atoms with Crippen LogP contribution in [0.2, 0.25) is 0 Å². The number of hydrogen-bond acceptors (Lipinski definition) is 2. The fourth-order valence-electron chi connectivity index (χ4n) is 7.47. The third-order valence-electron chi connectivity index (χ3n) is 9.48. The highest BCUT2D eigenvalue weighted by atomic mass is 16.3. The largest absolute Gasteiger partial charge is 0.455 e. The smallest absolute Gasteiger partial charge is 0.149 e. The highest BCUT2D eigenvalue weighted by Crippen LogP contribution is 2.42. The van der Waals surface area contributed by atoms with Crippen molar-refractivity contribution in [3.63, 3.8) is 0 Å². The summed E-state index contributed by atoms with van der Waals surface area (Å²) in [5, 5.41) is 11.8. The monoisotopic (exact) mass is 574 g/mol. The quantitative estimate of drug-likeness (QED) is 0.195. The maximum Gasteiger partial charge on any atom is 0.149 e. The van der Waals surface area contributed by atoms with Crippen LogP contribution >= 0.6 is 0 Å². The van der Waals surface area contributed by atoms with Gasteiger partial charge in [0.25, 0.3) is 0 Å². The first-order chi connectivity index (χ1) is 22.2. The molecule has 3 nitrogen and oxygen atoms in total. The fourth-order valence-corrected chi connectivity index (χ4v) is 7.47. The highest BCUT2D eigenvalue weighted by Gasteiger charge is 2.21. The van der Waals surface area contributed by atoms with Gasteiger partial charge in [-0.2, -0.15) is 0 Å². The number of imidazole rings is 1. The second kappa shape index (κ2) is 9.04. The van der Waals surface area contributed by atoms with E-state index in [-0.39, 0.29) is 0 Å². The molecule has 0 saturated carbocycles. The summed E-state index contributed by atoms with van der Waals surface area (Å²) in [5.41, 5.74) is 7.07. The Hall–Kier alpha value is -5.93. The van der Waals surface area contributed by atoms with Crippen LogP contribution < -0.4 is 0 Å². The number of hydrogen-bond donors (Lipinski definition) is 0. The van der Waals surface area contributed by atoms with E-state index in [2.05, 4.69) is 151 Å². The summed E-state index contributed by atoms with van der Waals surface area (Å²) in [4.78, 5) is 5.40. The number of fused-ring (bicyclic) bond motifs is 11. The minimum atomic E-state index is 0.867. The molecule has 0 atom stereocenters. The average molecular weight is 575 g/mol. The maximum absolute atomic E-state index is 6.80. The van der Waals surface area contributed by atoms with Gasteiger partial charge in [0.15, 0.2) is 0 Å². The van der Waals surface area contributed by atoms with E-state index in [0.29, 0.717) is 0 Å². The fraction of sp³-hybridized carbons (Fsp3) is 0.0238. The molecular weight excluding hydrogens is 548 g/mol. The molecule has 210 valence electrons. The van der Waals surface area contributed by atoms with Gasteiger partial charge in [0, 0.05) is 21.5 Å². The van der Waals surface area contributed by atoms with Crippen LogP contribution in [-0.4, -0.2) is 9.38 Å². The molecule has 0 bridgehead atoms. The summed E-state index contributed by atoms with van der Waals surface area (Å²) in [6.45, 7) is 2.17. The van der Waals surface area contributed by atoms with E-state index in [4.69, 9.17) is 9.40 Å². The first-order valence-electron chi connectivity index (χ1n) is 15.4. The molecule has 0 aliphatic rings. The van der Waals surface area contributed by atoms with Gasteiger partial charge in [-0.3, -0.25) is 4.40 Å². The van der Waals surface area contributed by atoms with Crippen molar-refractivity contribution in [2.45, 2.75) is 6.92 Å². The van der Waals surface area contributed by atoms with Crippen LogP contribution in [0.3, 0.4) is 0 Å². The van der Waals surface area contributed by atoms with Crippen LogP contribution in [0, 0.1) is 6.92 Å². The molecule has 3 heteroatoms. The molecule has 0 aliphatic carbocycles. The summed E-state index contributed by atoms with van der Waals surface area (Å²) >= 11 is 0. The lowest BCUT2D eigenvalue weighted by molar-refractivity contribution is 0.670. The molecule has 3 aromatic heterocycles. The van der Waals surface area contributed by atoms with E-state index >= 15 is 0 Å². The number of aryl methyl sites for hydroxylation is 1. The molecule has 0 aliphatic heterocycles. The molecule has 0 spiro atoms. The Kier molecular flexibility index (Phi) is 4.92. The van der Waals surface area contributed by atoms with Gasteiger partial charge in [0.05, 0.1) is 22.1 Å². The Morgan fingerprint density at radius 2 is 1.13 bits per heavy atom.